The van der Waals surface area contributed by atoms with Gasteiger partial charge in [0.25, 0.3) is 0 Å². The van der Waals surface area contributed by atoms with Crippen LogP contribution in [0.1, 0.15) is 5.82 Å². The van der Waals surface area contributed by atoms with Crippen LogP contribution in [0.4, 0.5) is 13.2 Å². The van der Waals surface area contributed by atoms with Gasteiger partial charge >= 0.3 is 5.51 Å². The van der Waals surface area contributed by atoms with E-state index >= 15 is 0 Å². The van der Waals surface area contributed by atoms with Crippen molar-refractivity contribution in [2.75, 3.05) is 5.75 Å². The van der Waals surface area contributed by atoms with E-state index in [0.717, 1.165) is 0 Å². The van der Waals surface area contributed by atoms with Crippen LogP contribution < -0.4 is 5.73 Å². The lowest BCUT2D eigenvalue weighted by Crippen LogP contribution is -2.13. The molecule has 1 aromatic rings. The maximum absolute atomic E-state index is 11.7. The summed E-state index contributed by atoms with van der Waals surface area (Å²) >= 11 is -0.106. The lowest BCUT2D eigenvalue weighted by atomic mass is 10.6. The molecule has 0 saturated heterocycles. The van der Waals surface area contributed by atoms with Gasteiger partial charge in [-0.15, -0.1) is 5.10 Å². The number of rotatable bonds is 4. The fourth-order valence-electron chi connectivity index (χ4n) is 0.791. The van der Waals surface area contributed by atoms with E-state index in [1.165, 1.54) is 4.68 Å². The predicted molar refractivity (Wildman–Crippen MR) is 44.2 cm³/mol. The topological polar surface area (TPSA) is 69.6 Å². The Labute approximate surface area is 81.8 Å². The van der Waals surface area contributed by atoms with Gasteiger partial charge < -0.3 is 5.73 Å². The van der Waals surface area contributed by atoms with Crippen LogP contribution in [0, 0.1) is 0 Å². The Kier molecular flexibility index (Phi) is 3.69. The first-order valence-corrected chi connectivity index (χ1v) is 4.67. The molecule has 5 nitrogen and oxygen atoms in total. The number of hydrogen-bond acceptors (Lipinski definition) is 5. The van der Waals surface area contributed by atoms with Crippen LogP contribution in [0.25, 0.3) is 0 Å². The van der Waals surface area contributed by atoms with E-state index in [4.69, 9.17) is 5.73 Å². The number of aryl methyl sites for hydroxylation is 1. The average Bonchev–Trinajstić information content (AvgIpc) is 2.49. The number of halogens is 3. The second kappa shape index (κ2) is 4.60. The lowest BCUT2D eigenvalue weighted by Gasteiger charge is -2.05. The van der Waals surface area contributed by atoms with Gasteiger partial charge in [0.2, 0.25) is 0 Å². The molecule has 0 aliphatic carbocycles. The summed E-state index contributed by atoms with van der Waals surface area (Å²) in [6, 6.07) is 0. The van der Waals surface area contributed by atoms with E-state index in [1.54, 1.807) is 0 Å². The summed E-state index contributed by atoms with van der Waals surface area (Å²) in [6.07, 6.45) is 0. The molecule has 9 heteroatoms. The summed E-state index contributed by atoms with van der Waals surface area (Å²) in [4.78, 5) is 0. The van der Waals surface area contributed by atoms with Crippen LogP contribution in [0.2, 0.25) is 0 Å². The summed E-state index contributed by atoms with van der Waals surface area (Å²) in [5.74, 6) is 0.259. The van der Waals surface area contributed by atoms with Crippen LogP contribution in [-0.4, -0.2) is 31.5 Å². The molecule has 0 atom stereocenters. The quantitative estimate of drug-likeness (QED) is 0.805. The van der Waals surface area contributed by atoms with E-state index < -0.39 is 5.51 Å². The van der Waals surface area contributed by atoms with Crippen molar-refractivity contribution in [2.24, 2.45) is 5.73 Å². The molecular weight excluding hydrogens is 219 g/mol. The zero-order chi connectivity index (χ0) is 10.6. The summed E-state index contributed by atoms with van der Waals surface area (Å²) in [6.45, 7) is 0.216. The van der Waals surface area contributed by atoms with Gasteiger partial charge in [0.15, 0.2) is 5.82 Å². The van der Waals surface area contributed by atoms with E-state index in [1.807, 2.05) is 0 Å². The zero-order valence-corrected chi connectivity index (χ0v) is 7.85. The molecule has 80 valence electrons. The van der Waals surface area contributed by atoms with Gasteiger partial charge in [0.05, 0.1) is 13.1 Å². The van der Waals surface area contributed by atoms with Crippen LogP contribution in [0.15, 0.2) is 0 Å². The highest BCUT2D eigenvalue weighted by molar-refractivity contribution is 8.00. The third-order valence-electron chi connectivity index (χ3n) is 1.36. The van der Waals surface area contributed by atoms with Crippen molar-refractivity contribution >= 4 is 11.8 Å². The number of aromatic nitrogens is 4. The standard InChI is InChI=1S/C5H8F3N5S/c6-5(7,8)14-2-1-13-4(3-9)10-11-12-13/h1-3,9H2. The molecule has 0 saturated carbocycles. The average molecular weight is 227 g/mol. The molecule has 0 radical (unpaired) electrons. The minimum absolute atomic E-state index is 0.101. The molecular formula is C5H8F3N5S. The Balaban J connectivity index is 2.38. The van der Waals surface area contributed by atoms with Gasteiger partial charge in [-0.2, -0.15) is 13.2 Å². The summed E-state index contributed by atoms with van der Waals surface area (Å²) in [5.41, 5.74) is 1.05. The summed E-state index contributed by atoms with van der Waals surface area (Å²) in [5, 5.41) is 10.3. The van der Waals surface area contributed by atoms with Crippen molar-refractivity contribution in [1.82, 2.24) is 20.2 Å². The van der Waals surface area contributed by atoms with Crippen molar-refractivity contribution in [3.8, 4) is 0 Å². The molecule has 1 heterocycles. The third kappa shape index (κ3) is 3.50. The van der Waals surface area contributed by atoms with E-state index in [2.05, 4.69) is 15.5 Å². The number of alkyl halides is 3. The fourth-order valence-corrected chi connectivity index (χ4v) is 1.29. The molecule has 0 aliphatic heterocycles. The van der Waals surface area contributed by atoms with Gasteiger partial charge in [-0.1, -0.05) is 0 Å². The number of nitrogens with two attached hydrogens (primary N) is 1. The molecule has 1 aromatic heterocycles. The minimum Gasteiger partial charge on any atom is -0.324 e. The lowest BCUT2D eigenvalue weighted by molar-refractivity contribution is -0.0328. The first-order valence-electron chi connectivity index (χ1n) is 3.68. The van der Waals surface area contributed by atoms with Crippen LogP contribution >= 0.6 is 11.8 Å². The number of hydrogen-bond donors (Lipinski definition) is 1. The Hall–Kier alpha value is -0.830. The van der Waals surface area contributed by atoms with Gasteiger partial charge in [-0.3, -0.25) is 0 Å². The van der Waals surface area contributed by atoms with Crippen molar-refractivity contribution in [2.45, 2.75) is 18.6 Å². The maximum atomic E-state index is 11.7. The highest BCUT2D eigenvalue weighted by Gasteiger charge is 2.27. The smallest absolute Gasteiger partial charge is 0.324 e. The SMILES string of the molecule is NCc1nnnn1CCSC(F)(F)F. The second-order valence-electron chi connectivity index (χ2n) is 2.32. The number of tetrazole rings is 1. The fraction of sp³-hybridized carbons (Fsp3) is 0.800. The Morgan fingerprint density at radius 3 is 2.71 bits per heavy atom. The van der Waals surface area contributed by atoms with Crippen LogP contribution in [0.5, 0.6) is 0 Å². The van der Waals surface area contributed by atoms with E-state index in [9.17, 15) is 13.2 Å². The molecule has 0 aliphatic rings. The number of thioether (sulfide) groups is 1. The largest absolute Gasteiger partial charge is 0.441 e. The Morgan fingerprint density at radius 1 is 1.43 bits per heavy atom. The second-order valence-corrected chi connectivity index (χ2v) is 3.48. The van der Waals surface area contributed by atoms with Gasteiger partial charge in [-0.25, -0.2) is 4.68 Å². The molecule has 0 spiro atoms. The van der Waals surface area contributed by atoms with Crippen LogP contribution in [0.3, 0.4) is 0 Å². The first-order chi connectivity index (χ1) is 6.53. The highest BCUT2D eigenvalue weighted by atomic mass is 32.2. The van der Waals surface area contributed by atoms with Gasteiger partial charge in [0, 0.05) is 5.75 Å². The van der Waals surface area contributed by atoms with E-state index in [0.29, 0.717) is 5.82 Å². The molecule has 0 fully saturated rings. The van der Waals surface area contributed by atoms with Crippen molar-refractivity contribution in [3.63, 3.8) is 0 Å². The molecule has 0 unspecified atom stereocenters. The zero-order valence-electron chi connectivity index (χ0n) is 7.03. The normalized spacial score (nSPS) is 12.0. The van der Waals surface area contributed by atoms with Crippen molar-refractivity contribution in [1.29, 1.82) is 0 Å². The summed E-state index contributed by atoms with van der Waals surface area (Å²) < 4.78 is 36.5. The van der Waals surface area contributed by atoms with Crippen molar-refractivity contribution < 1.29 is 13.2 Å². The maximum Gasteiger partial charge on any atom is 0.441 e. The molecule has 0 aromatic carbocycles. The van der Waals surface area contributed by atoms with Crippen molar-refractivity contribution in [3.05, 3.63) is 5.82 Å². The minimum atomic E-state index is -4.21. The molecule has 2 N–H and O–H groups in total. The Morgan fingerprint density at radius 2 is 2.14 bits per heavy atom. The molecule has 1 rings (SSSR count). The number of nitrogens with zero attached hydrogens (tertiary/aromatic N) is 4. The highest BCUT2D eigenvalue weighted by Crippen LogP contribution is 2.29. The van der Waals surface area contributed by atoms with Crippen LogP contribution in [-0.2, 0) is 13.1 Å². The molecule has 0 amide bonds. The Bertz CT molecular complexity index is 285. The molecule has 0 bridgehead atoms. The first kappa shape index (κ1) is 11.2. The summed E-state index contributed by atoms with van der Waals surface area (Å²) in [7, 11) is 0. The predicted octanol–water partition coefficient (Wildman–Crippen LogP) is 0.385. The van der Waals surface area contributed by atoms with Gasteiger partial charge in [0.1, 0.15) is 0 Å². The molecule has 14 heavy (non-hydrogen) atoms. The van der Waals surface area contributed by atoms with Gasteiger partial charge in [-0.05, 0) is 22.2 Å². The van der Waals surface area contributed by atoms with E-state index in [-0.39, 0.29) is 30.6 Å². The monoisotopic (exact) mass is 227 g/mol. The third-order valence-corrected chi connectivity index (χ3v) is 2.07.